The summed E-state index contributed by atoms with van der Waals surface area (Å²) in [6, 6.07) is 23.8. The summed E-state index contributed by atoms with van der Waals surface area (Å²) in [6.07, 6.45) is 0. The van der Waals surface area contributed by atoms with Gasteiger partial charge in [-0.1, -0.05) is 48.0 Å². The molecule has 0 spiro atoms. The highest BCUT2D eigenvalue weighted by atomic mass is 35.5. The van der Waals surface area contributed by atoms with E-state index >= 15 is 0 Å². The van der Waals surface area contributed by atoms with Crippen LogP contribution in [0.4, 0.5) is 0 Å². The Kier molecular flexibility index (Phi) is 3.17. The highest BCUT2D eigenvalue weighted by molar-refractivity contribution is 6.30. The number of aromatic nitrogens is 1. The van der Waals surface area contributed by atoms with Gasteiger partial charge in [0.2, 0.25) is 5.89 Å². The predicted molar refractivity (Wildman–Crippen MR) is 89.9 cm³/mol. The number of para-hydroxylation sites is 2. The third-order valence-electron chi connectivity index (χ3n) is 3.60. The van der Waals surface area contributed by atoms with E-state index in [1.165, 1.54) is 0 Å². The first-order valence-electron chi connectivity index (χ1n) is 7.01. The van der Waals surface area contributed by atoms with Crippen molar-refractivity contribution < 1.29 is 4.42 Å². The Hall–Kier alpha value is -2.58. The van der Waals surface area contributed by atoms with Crippen LogP contribution in [0.15, 0.2) is 77.2 Å². The Morgan fingerprint density at radius 1 is 0.682 bits per heavy atom. The van der Waals surface area contributed by atoms with Gasteiger partial charge in [-0.05, 0) is 47.5 Å². The van der Waals surface area contributed by atoms with Gasteiger partial charge in [0.25, 0.3) is 0 Å². The van der Waals surface area contributed by atoms with Crippen LogP contribution < -0.4 is 0 Å². The van der Waals surface area contributed by atoms with E-state index in [4.69, 9.17) is 16.0 Å². The second-order valence-corrected chi connectivity index (χ2v) is 5.51. The average molecular weight is 306 g/mol. The fourth-order valence-electron chi connectivity index (χ4n) is 2.44. The topological polar surface area (TPSA) is 26.0 Å². The van der Waals surface area contributed by atoms with Gasteiger partial charge >= 0.3 is 0 Å². The highest BCUT2D eigenvalue weighted by Gasteiger charge is 2.07. The van der Waals surface area contributed by atoms with Gasteiger partial charge in [0.1, 0.15) is 5.52 Å². The molecule has 0 saturated heterocycles. The van der Waals surface area contributed by atoms with Crippen molar-refractivity contribution in [2.45, 2.75) is 0 Å². The SMILES string of the molecule is Clc1ccc(-c2ccc(-c3nc4ccccc4o3)cc2)cc1. The zero-order valence-electron chi connectivity index (χ0n) is 11.7. The summed E-state index contributed by atoms with van der Waals surface area (Å²) in [6.45, 7) is 0. The van der Waals surface area contributed by atoms with Gasteiger partial charge in [-0.3, -0.25) is 0 Å². The van der Waals surface area contributed by atoms with Gasteiger partial charge in [-0.25, -0.2) is 4.98 Å². The largest absolute Gasteiger partial charge is 0.436 e. The molecule has 22 heavy (non-hydrogen) atoms. The minimum atomic E-state index is 0.642. The molecule has 2 nitrogen and oxygen atoms in total. The lowest BCUT2D eigenvalue weighted by molar-refractivity contribution is 0.620. The molecule has 3 aromatic carbocycles. The number of fused-ring (bicyclic) bond motifs is 1. The van der Waals surface area contributed by atoms with Crippen molar-refractivity contribution in [1.82, 2.24) is 4.98 Å². The number of rotatable bonds is 2. The first-order chi connectivity index (χ1) is 10.8. The minimum absolute atomic E-state index is 0.642. The van der Waals surface area contributed by atoms with Crippen molar-refractivity contribution >= 4 is 22.7 Å². The van der Waals surface area contributed by atoms with Gasteiger partial charge in [0, 0.05) is 10.6 Å². The smallest absolute Gasteiger partial charge is 0.227 e. The maximum absolute atomic E-state index is 5.92. The van der Waals surface area contributed by atoms with Crippen LogP contribution in [-0.4, -0.2) is 4.98 Å². The van der Waals surface area contributed by atoms with E-state index < -0.39 is 0 Å². The van der Waals surface area contributed by atoms with Gasteiger partial charge in [0.15, 0.2) is 5.58 Å². The number of hydrogen-bond donors (Lipinski definition) is 0. The van der Waals surface area contributed by atoms with Crippen molar-refractivity contribution in [2.75, 3.05) is 0 Å². The third-order valence-corrected chi connectivity index (χ3v) is 3.86. The second kappa shape index (κ2) is 5.32. The normalized spacial score (nSPS) is 11.0. The summed E-state index contributed by atoms with van der Waals surface area (Å²) in [5.41, 5.74) is 4.91. The van der Waals surface area contributed by atoms with Crippen LogP contribution in [0, 0.1) is 0 Å². The Labute approximate surface area is 133 Å². The standard InChI is InChI=1S/C19H12ClNO/c20-16-11-9-14(10-12-16)13-5-7-15(8-6-13)19-21-17-3-1-2-4-18(17)22-19/h1-12H. The summed E-state index contributed by atoms with van der Waals surface area (Å²) in [7, 11) is 0. The molecule has 0 unspecified atom stereocenters. The quantitative estimate of drug-likeness (QED) is 0.466. The molecule has 0 amide bonds. The molecule has 0 N–H and O–H groups in total. The molecule has 3 heteroatoms. The molecule has 0 fully saturated rings. The van der Waals surface area contributed by atoms with E-state index in [1.807, 2.05) is 60.7 Å². The van der Waals surface area contributed by atoms with Crippen LogP contribution in [0.5, 0.6) is 0 Å². The number of oxazole rings is 1. The Morgan fingerprint density at radius 2 is 1.27 bits per heavy atom. The molecule has 0 aliphatic rings. The Morgan fingerprint density at radius 3 is 1.95 bits per heavy atom. The summed E-state index contributed by atoms with van der Waals surface area (Å²) >= 11 is 5.92. The molecule has 0 aliphatic heterocycles. The van der Waals surface area contributed by atoms with Crippen LogP contribution in [0.2, 0.25) is 5.02 Å². The number of halogens is 1. The van der Waals surface area contributed by atoms with Crippen molar-refractivity contribution in [3.63, 3.8) is 0 Å². The maximum atomic E-state index is 5.92. The molecule has 4 rings (SSSR count). The summed E-state index contributed by atoms with van der Waals surface area (Å²) in [5.74, 6) is 0.642. The van der Waals surface area contributed by atoms with Crippen LogP contribution >= 0.6 is 11.6 Å². The van der Waals surface area contributed by atoms with Crippen LogP contribution in [0.3, 0.4) is 0 Å². The van der Waals surface area contributed by atoms with E-state index in [-0.39, 0.29) is 0 Å². The van der Waals surface area contributed by atoms with Crippen LogP contribution in [0.25, 0.3) is 33.7 Å². The van der Waals surface area contributed by atoms with E-state index in [2.05, 4.69) is 17.1 Å². The molecule has 0 radical (unpaired) electrons. The van der Waals surface area contributed by atoms with Crippen molar-refractivity contribution in [3.05, 3.63) is 77.8 Å². The zero-order chi connectivity index (χ0) is 14.9. The van der Waals surface area contributed by atoms with Crippen LogP contribution in [0.1, 0.15) is 0 Å². The van der Waals surface area contributed by atoms with E-state index in [0.717, 1.165) is 32.8 Å². The maximum Gasteiger partial charge on any atom is 0.227 e. The molecule has 4 aromatic rings. The van der Waals surface area contributed by atoms with Crippen molar-refractivity contribution in [3.8, 4) is 22.6 Å². The lowest BCUT2D eigenvalue weighted by Crippen LogP contribution is -1.80. The van der Waals surface area contributed by atoms with Crippen molar-refractivity contribution in [1.29, 1.82) is 0 Å². The molecular weight excluding hydrogens is 294 g/mol. The fourth-order valence-corrected chi connectivity index (χ4v) is 2.57. The predicted octanol–water partition coefficient (Wildman–Crippen LogP) is 5.82. The second-order valence-electron chi connectivity index (χ2n) is 5.07. The zero-order valence-corrected chi connectivity index (χ0v) is 12.4. The lowest BCUT2D eigenvalue weighted by atomic mass is 10.0. The monoisotopic (exact) mass is 305 g/mol. The number of nitrogens with zero attached hydrogens (tertiary/aromatic N) is 1. The van der Waals surface area contributed by atoms with Crippen LogP contribution in [-0.2, 0) is 0 Å². The van der Waals surface area contributed by atoms with E-state index in [0.29, 0.717) is 5.89 Å². The number of benzene rings is 3. The Bertz CT molecular complexity index is 891. The molecule has 1 aromatic heterocycles. The molecule has 0 saturated carbocycles. The fraction of sp³-hybridized carbons (Fsp3) is 0. The first kappa shape index (κ1) is 13.1. The summed E-state index contributed by atoms with van der Waals surface area (Å²) in [4.78, 5) is 4.51. The first-order valence-corrected chi connectivity index (χ1v) is 7.39. The van der Waals surface area contributed by atoms with E-state index in [1.54, 1.807) is 0 Å². The lowest BCUT2D eigenvalue weighted by Gasteiger charge is -2.02. The van der Waals surface area contributed by atoms with E-state index in [9.17, 15) is 0 Å². The highest BCUT2D eigenvalue weighted by Crippen LogP contribution is 2.27. The molecule has 0 bridgehead atoms. The molecule has 0 aliphatic carbocycles. The molecule has 106 valence electrons. The average Bonchev–Trinajstić information content (AvgIpc) is 3.00. The summed E-state index contributed by atoms with van der Waals surface area (Å²) < 4.78 is 5.79. The summed E-state index contributed by atoms with van der Waals surface area (Å²) in [5, 5.41) is 0.742. The van der Waals surface area contributed by atoms with Crippen molar-refractivity contribution in [2.24, 2.45) is 0 Å². The third kappa shape index (κ3) is 2.38. The Balaban J connectivity index is 1.70. The molecule has 1 heterocycles. The minimum Gasteiger partial charge on any atom is -0.436 e. The van der Waals surface area contributed by atoms with Gasteiger partial charge < -0.3 is 4.42 Å². The van der Waals surface area contributed by atoms with Gasteiger partial charge in [-0.2, -0.15) is 0 Å². The number of hydrogen-bond acceptors (Lipinski definition) is 2. The molecular formula is C19H12ClNO. The molecule has 0 atom stereocenters. The van der Waals surface area contributed by atoms with Gasteiger partial charge in [0.05, 0.1) is 0 Å². The van der Waals surface area contributed by atoms with Gasteiger partial charge in [-0.15, -0.1) is 0 Å².